The summed E-state index contributed by atoms with van der Waals surface area (Å²) in [7, 11) is 0. The predicted molar refractivity (Wildman–Crippen MR) is 102 cm³/mol. The average molecular weight is 380 g/mol. The molecule has 0 spiro atoms. The number of esters is 1. The first-order valence-corrected chi connectivity index (χ1v) is 8.63. The van der Waals surface area contributed by atoms with E-state index >= 15 is 0 Å². The number of aromatic nitrogens is 4. The molecule has 0 bridgehead atoms. The van der Waals surface area contributed by atoms with Crippen LogP contribution in [0.2, 0.25) is 0 Å². The zero-order valence-corrected chi connectivity index (χ0v) is 16.3. The van der Waals surface area contributed by atoms with E-state index in [4.69, 9.17) is 4.74 Å². The number of aryl methyl sites for hydroxylation is 4. The van der Waals surface area contributed by atoms with Crippen LogP contribution in [-0.4, -0.2) is 36.8 Å². The van der Waals surface area contributed by atoms with Gasteiger partial charge in [-0.2, -0.15) is 5.10 Å². The summed E-state index contributed by atoms with van der Waals surface area (Å²) in [6, 6.07) is 6.45. The number of benzene rings is 1. The third kappa shape index (κ3) is 3.48. The number of aromatic carboxylic acids is 1. The molecule has 144 valence electrons. The van der Waals surface area contributed by atoms with Crippen molar-refractivity contribution in [3.05, 3.63) is 52.6 Å². The molecule has 0 saturated heterocycles. The topological polar surface area (TPSA) is 107 Å². The van der Waals surface area contributed by atoms with Gasteiger partial charge in [0.2, 0.25) is 0 Å². The van der Waals surface area contributed by atoms with Crippen molar-refractivity contribution in [2.24, 2.45) is 0 Å². The lowest BCUT2D eigenvalue weighted by Gasteiger charge is -2.14. The molecule has 3 aromatic rings. The van der Waals surface area contributed by atoms with E-state index in [1.807, 2.05) is 27.7 Å². The fourth-order valence-electron chi connectivity index (χ4n) is 2.92. The minimum absolute atomic E-state index is 0.0295. The Morgan fingerprint density at radius 1 is 1.04 bits per heavy atom. The monoisotopic (exact) mass is 380 g/mol. The molecule has 3 rings (SSSR count). The minimum Gasteiger partial charge on any atom is -0.478 e. The van der Waals surface area contributed by atoms with Crippen molar-refractivity contribution in [1.82, 2.24) is 19.7 Å². The van der Waals surface area contributed by atoms with Crippen LogP contribution in [0.1, 0.15) is 40.1 Å². The second kappa shape index (κ2) is 7.22. The largest absolute Gasteiger partial charge is 0.478 e. The Bertz CT molecular complexity index is 1100. The highest BCUT2D eigenvalue weighted by Gasteiger charge is 2.23. The molecule has 8 heteroatoms. The van der Waals surface area contributed by atoms with Crippen LogP contribution in [0.4, 0.5) is 0 Å². The van der Waals surface area contributed by atoms with Gasteiger partial charge in [0.15, 0.2) is 11.6 Å². The maximum Gasteiger partial charge on any atom is 0.339 e. The number of ether oxygens (including phenoxy) is 1. The van der Waals surface area contributed by atoms with E-state index < -0.39 is 11.9 Å². The maximum atomic E-state index is 11.6. The summed E-state index contributed by atoms with van der Waals surface area (Å²) in [6.45, 7) is 8.61. The molecule has 0 fully saturated rings. The summed E-state index contributed by atoms with van der Waals surface area (Å²) in [4.78, 5) is 32.4. The lowest BCUT2D eigenvalue weighted by Crippen LogP contribution is -2.11. The van der Waals surface area contributed by atoms with Gasteiger partial charge in [-0.1, -0.05) is 6.07 Å². The van der Waals surface area contributed by atoms with E-state index in [2.05, 4.69) is 15.1 Å². The molecule has 2 aromatic heterocycles. The Morgan fingerprint density at radius 3 is 2.36 bits per heavy atom. The van der Waals surface area contributed by atoms with Crippen molar-refractivity contribution in [2.75, 3.05) is 0 Å². The summed E-state index contributed by atoms with van der Waals surface area (Å²) < 4.78 is 6.86. The predicted octanol–water partition coefficient (Wildman–Crippen LogP) is 3.19. The lowest BCUT2D eigenvalue weighted by molar-refractivity contribution is -0.131. The first-order chi connectivity index (χ1) is 13.2. The molecule has 0 atom stereocenters. The Morgan fingerprint density at radius 2 is 1.71 bits per heavy atom. The molecule has 0 radical (unpaired) electrons. The molecule has 28 heavy (non-hydrogen) atoms. The molecule has 0 aliphatic heterocycles. The van der Waals surface area contributed by atoms with Crippen molar-refractivity contribution in [1.29, 1.82) is 0 Å². The molecule has 2 heterocycles. The molecular weight excluding hydrogens is 360 g/mol. The smallest absolute Gasteiger partial charge is 0.339 e. The minimum atomic E-state index is -1.19. The van der Waals surface area contributed by atoms with Crippen LogP contribution in [-0.2, 0) is 4.79 Å². The summed E-state index contributed by atoms with van der Waals surface area (Å²) in [6.07, 6.45) is 0. The van der Waals surface area contributed by atoms with Crippen molar-refractivity contribution in [3.8, 4) is 22.8 Å². The maximum absolute atomic E-state index is 11.6. The number of carbonyl (C=O) groups is 2. The fourth-order valence-corrected chi connectivity index (χ4v) is 2.92. The Kier molecular flexibility index (Phi) is 4.96. The van der Waals surface area contributed by atoms with Crippen LogP contribution >= 0.6 is 0 Å². The van der Waals surface area contributed by atoms with E-state index in [9.17, 15) is 14.7 Å². The number of nitrogens with zero attached hydrogens (tertiary/aromatic N) is 4. The standard InChI is InChI=1S/C20H20N4O4/c1-10-9-17(24(23-10)19-13(4)21-11(2)12(3)22-19)15-7-6-8-16(20(26)27)18(15)28-14(5)25/h6-9H,1-5H3,(H,26,27). The number of rotatable bonds is 4. The van der Waals surface area contributed by atoms with Gasteiger partial charge in [0.1, 0.15) is 5.56 Å². The molecule has 1 aromatic carbocycles. The van der Waals surface area contributed by atoms with Crippen LogP contribution < -0.4 is 4.74 Å². The highest BCUT2D eigenvalue weighted by molar-refractivity contribution is 5.95. The Balaban J connectivity index is 2.30. The molecule has 1 N–H and O–H groups in total. The van der Waals surface area contributed by atoms with Crippen molar-refractivity contribution >= 4 is 11.9 Å². The second-order valence-electron chi connectivity index (χ2n) is 6.47. The van der Waals surface area contributed by atoms with Gasteiger partial charge < -0.3 is 9.84 Å². The zero-order chi connectivity index (χ0) is 20.6. The highest BCUT2D eigenvalue weighted by Crippen LogP contribution is 2.35. The van der Waals surface area contributed by atoms with E-state index in [0.29, 0.717) is 28.5 Å². The van der Waals surface area contributed by atoms with Gasteiger partial charge in [0.25, 0.3) is 0 Å². The molecule has 8 nitrogen and oxygen atoms in total. The molecule has 0 saturated carbocycles. The normalized spacial score (nSPS) is 10.8. The number of carbonyl (C=O) groups excluding carboxylic acids is 1. The number of carboxylic acid groups (broad SMARTS) is 1. The van der Waals surface area contributed by atoms with E-state index in [-0.39, 0.29) is 11.3 Å². The van der Waals surface area contributed by atoms with Crippen LogP contribution in [0.15, 0.2) is 24.3 Å². The molecule has 0 aliphatic rings. The van der Waals surface area contributed by atoms with Gasteiger partial charge in [-0.05, 0) is 45.9 Å². The van der Waals surface area contributed by atoms with Crippen molar-refractivity contribution < 1.29 is 19.4 Å². The molecule has 0 amide bonds. The number of carboxylic acids is 1. The average Bonchev–Trinajstić information content (AvgIpc) is 2.99. The van der Waals surface area contributed by atoms with Gasteiger partial charge in [-0.3, -0.25) is 9.78 Å². The summed E-state index contributed by atoms with van der Waals surface area (Å²) in [5, 5.41) is 14.0. The van der Waals surface area contributed by atoms with Gasteiger partial charge in [-0.15, -0.1) is 0 Å². The van der Waals surface area contributed by atoms with Crippen molar-refractivity contribution in [3.63, 3.8) is 0 Å². The summed E-state index contributed by atoms with van der Waals surface area (Å²) in [5.74, 6) is -1.30. The summed E-state index contributed by atoms with van der Waals surface area (Å²) >= 11 is 0. The quantitative estimate of drug-likeness (QED) is 0.547. The van der Waals surface area contributed by atoms with E-state index in [1.54, 1.807) is 22.9 Å². The third-order valence-corrected chi connectivity index (χ3v) is 4.26. The van der Waals surface area contributed by atoms with Gasteiger partial charge in [0.05, 0.1) is 28.5 Å². The van der Waals surface area contributed by atoms with Gasteiger partial charge in [-0.25, -0.2) is 14.5 Å². The fraction of sp³-hybridized carbons (Fsp3) is 0.250. The van der Waals surface area contributed by atoms with Gasteiger partial charge in [0, 0.05) is 12.5 Å². The first kappa shape index (κ1) is 19.2. The molecule has 0 aliphatic carbocycles. The number of para-hydroxylation sites is 1. The van der Waals surface area contributed by atoms with E-state index in [0.717, 1.165) is 11.4 Å². The molecule has 0 unspecified atom stereocenters. The third-order valence-electron chi connectivity index (χ3n) is 4.26. The first-order valence-electron chi connectivity index (χ1n) is 8.63. The lowest BCUT2D eigenvalue weighted by atomic mass is 10.1. The van der Waals surface area contributed by atoms with Crippen LogP contribution in [0, 0.1) is 27.7 Å². The van der Waals surface area contributed by atoms with Crippen LogP contribution in [0.25, 0.3) is 17.1 Å². The van der Waals surface area contributed by atoms with Crippen LogP contribution in [0.5, 0.6) is 5.75 Å². The second-order valence-corrected chi connectivity index (χ2v) is 6.47. The number of hydrogen-bond donors (Lipinski definition) is 1. The number of hydrogen-bond acceptors (Lipinski definition) is 6. The van der Waals surface area contributed by atoms with Crippen molar-refractivity contribution in [2.45, 2.75) is 34.6 Å². The van der Waals surface area contributed by atoms with E-state index in [1.165, 1.54) is 13.0 Å². The SMILES string of the molecule is CC(=O)Oc1c(C(=O)O)cccc1-c1cc(C)nn1-c1nc(C)c(C)nc1C. The van der Waals surface area contributed by atoms with Gasteiger partial charge >= 0.3 is 11.9 Å². The molecular formula is C20H20N4O4. The Hall–Kier alpha value is -3.55. The Labute approximate surface area is 161 Å². The zero-order valence-electron chi connectivity index (χ0n) is 16.3. The summed E-state index contributed by atoms with van der Waals surface area (Å²) in [5.41, 5.74) is 3.83. The highest BCUT2D eigenvalue weighted by atomic mass is 16.5. The van der Waals surface area contributed by atoms with Crippen LogP contribution in [0.3, 0.4) is 0 Å².